The van der Waals surface area contributed by atoms with Crippen LogP contribution < -0.4 is 0 Å². The molecule has 0 saturated heterocycles. The van der Waals surface area contributed by atoms with Crippen molar-refractivity contribution in [2.24, 2.45) is 0 Å². The standard InChI is InChI=1S/C12H19NO2/c1-2-13(8-3-9-14)10-11-4-6-12(15)7-5-11/h4-7,14-15H,2-3,8-10H2,1H3. The van der Waals surface area contributed by atoms with Crippen molar-refractivity contribution in [2.75, 3.05) is 19.7 Å². The smallest absolute Gasteiger partial charge is 0.115 e. The Morgan fingerprint density at radius 2 is 1.87 bits per heavy atom. The molecule has 0 radical (unpaired) electrons. The molecule has 0 unspecified atom stereocenters. The van der Waals surface area contributed by atoms with E-state index in [2.05, 4.69) is 11.8 Å². The van der Waals surface area contributed by atoms with Gasteiger partial charge in [-0.3, -0.25) is 4.90 Å². The van der Waals surface area contributed by atoms with E-state index < -0.39 is 0 Å². The molecule has 0 saturated carbocycles. The average molecular weight is 209 g/mol. The van der Waals surface area contributed by atoms with Crippen LogP contribution >= 0.6 is 0 Å². The lowest BCUT2D eigenvalue weighted by Crippen LogP contribution is -2.24. The maximum absolute atomic E-state index is 9.14. The van der Waals surface area contributed by atoms with Gasteiger partial charge >= 0.3 is 0 Å². The van der Waals surface area contributed by atoms with Gasteiger partial charge in [0, 0.05) is 19.7 Å². The van der Waals surface area contributed by atoms with Crippen molar-refractivity contribution < 1.29 is 10.2 Å². The maximum atomic E-state index is 9.14. The van der Waals surface area contributed by atoms with Gasteiger partial charge in [-0.1, -0.05) is 19.1 Å². The zero-order valence-electron chi connectivity index (χ0n) is 9.19. The zero-order valence-corrected chi connectivity index (χ0v) is 9.19. The highest BCUT2D eigenvalue weighted by Gasteiger charge is 2.02. The number of benzene rings is 1. The Kier molecular flexibility index (Phi) is 5.15. The second-order valence-corrected chi connectivity index (χ2v) is 3.61. The van der Waals surface area contributed by atoms with E-state index >= 15 is 0 Å². The number of phenolic OH excluding ortho intramolecular Hbond substituents is 1. The van der Waals surface area contributed by atoms with Gasteiger partial charge in [0.2, 0.25) is 0 Å². The van der Waals surface area contributed by atoms with E-state index in [0.717, 1.165) is 26.1 Å². The van der Waals surface area contributed by atoms with Crippen LogP contribution in [0.15, 0.2) is 24.3 Å². The van der Waals surface area contributed by atoms with E-state index in [1.807, 2.05) is 12.1 Å². The number of aromatic hydroxyl groups is 1. The summed E-state index contributed by atoms with van der Waals surface area (Å²) in [4.78, 5) is 2.27. The van der Waals surface area contributed by atoms with Gasteiger partial charge in [-0.25, -0.2) is 0 Å². The molecule has 0 fully saturated rings. The molecule has 0 spiro atoms. The van der Waals surface area contributed by atoms with Gasteiger partial charge in [0.1, 0.15) is 5.75 Å². The van der Waals surface area contributed by atoms with E-state index in [-0.39, 0.29) is 6.61 Å². The number of nitrogens with zero attached hydrogens (tertiary/aromatic N) is 1. The van der Waals surface area contributed by atoms with Crippen LogP contribution in [0.1, 0.15) is 18.9 Å². The molecule has 0 amide bonds. The molecule has 1 rings (SSSR count). The van der Waals surface area contributed by atoms with Crippen molar-refractivity contribution in [2.45, 2.75) is 19.9 Å². The first kappa shape index (κ1) is 12.0. The summed E-state index contributed by atoms with van der Waals surface area (Å²) in [6, 6.07) is 7.26. The van der Waals surface area contributed by atoms with E-state index in [1.54, 1.807) is 12.1 Å². The first-order valence-electron chi connectivity index (χ1n) is 5.37. The highest BCUT2D eigenvalue weighted by molar-refractivity contribution is 5.25. The number of phenols is 1. The largest absolute Gasteiger partial charge is 0.508 e. The minimum atomic E-state index is 0.242. The summed E-state index contributed by atoms with van der Waals surface area (Å²) in [6.45, 7) is 5.11. The van der Waals surface area contributed by atoms with Crippen LogP contribution in [0.5, 0.6) is 5.75 Å². The molecule has 0 aromatic heterocycles. The number of hydrogen-bond donors (Lipinski definition) is 2. The molecule has 84 valence electrons. The average Bonchev–Trinajstić information content (AvgIpc) is 2.27. The topological polar surface area (TPSA) is 43.7 Å². The fourth-order valence-electron chi connectivity index (χ4n) is 1.50. The molecule has 2 N–H and O–H groups in total. The van der Waals surface area contributed by atoms with Gasteiger partial charge in [0.25, 0.3) is 0 Å². The molecule has 0 bridgehead atoms. The Labute approximate surface area is 91.0 Å². The summed E-state index contributed by atoms with van der Waals surface area (Å²) in [5.41, 5.74) is 1.19. The van der Waals surface area contributed by atoms with Crippen LogP contribution in [0.25, 0.3) is 0 Å². The van der Waals surface area contributed by atoms with Crippen LogP contribution in [0.4, 0.5) is 0 Å². The number of hydrogen-bond acceptors (Lipinski definition) is 3. The lowest BCUT2D eigenvalue weighted by Gasteiger charge is -2.19. The van der Waals surface area contributed by atoms with Gasteiger partial charge in [-0.2, -0.15) is 0 Å². The summed E-state index contributed by atoms with van der Waals surface area (Å²) in [7, 11) is 0. The summed E-state index contributed by atoms with van der Waals surface area (Å²) >= 11 is 0. The Morgan fingerprint density at radius 1 is 1.20 bits per heavy atom. The molecule has 15 heavy (non-hydrogen) atoms. The van der Waals surface area contributed by atoms with Crippen molar-refractivity contribution >= 4 is 0 Å². The van der Waals surface area contributed by atoms with E-state index in [1.165, 1.54) is 5.56 Å². The zero-order chi connectivity index (χ0) is 11.1. The molecular weight excluding hydrogens is 190 g/mol. The molecule has 0 aliphatic heterocycles. The van der Waals surface area contributed by atoms with Crippen LogP contribution in [0.3, 0.4) is 0 Å². The van der Waals surface area contributed by atoms with Gasteiger partial charge in [-0.15, -0.1) is 0 Å². The van der Waals surface area contributed by atoms with E-state index in [4.69, 9.17) is 10.2 Å². The highest BCUT2D eigenvalue weighted by Crippen LogP contribution is 2.11. The minimum Gasteiger partial charge on any atom is -0.508 e. The van der Waals surface area contributed by atoms with Gasteiger partial charge < -0.3 is 10.2 Å². The lowest BCUT2D eigenvalue weighted by atomic mass is 10.2. The minimum absolute atomic E-state index is 0.242. The van der Waals surface area contributed by atoms with Crippen LogP contribution in [-0.4, -0.2) is 34.8 Å². The molecule has 3 nitrogen and oxygen atoms in total. The quantitative estimate of drug-likeness (QED) is 0.748. The molecule has 1 aromatic carbocycles. The molecule has 0 atom stereocenters. The SMILES string of the molecule is CCN(CCCO)Cc1ccc(O)cc1. The van der Waals surface area contributed by atoms with E-state index in [0.29, 0.717) is 5.75 Å². The van der Waals surface area contributed by atoms with Gasteiger partial charge in [-0.05, 0) is 30.7 Å². The Morgan fingerprint density at radius 3 is 2.40 bits per heavy atom. The summed E-state index contributed by atoms with van der Waals surface area (Å²) in [5.74, 6) is 0.303. The first-order valence-corrected chi connectivity index (χ1v) is 5.37. The summed E-state index contributed by atoms with van der Waals surface area (Å²) in [6.07, 6.45) is 0.811. The van der Waals surface area contributed by atoms with Crippen molar-refractivity contribution in [3.8, 4) is 5.75 Å². The normalized spacial score (nSPS) is 10.9. The fraction of sp³-hybridized carbons (Fsp3) is 0.500. The molecule has 0 aliphatic carbocycles. The number of rotatable bonds is 6. The molecular formula is C12H19NO2. The van der Waals surface area contributed by atoms with Crippen molar-refractivity contribution in [3.05, 3.63) is 29.8 Å². The molecule has 1 aromatic rings. The molecule has 0 heterocycles. The predicted molar refractivity (Wildman–Crippen MR) is 60.8 cm³/mol. The van der Waals surface area contributed by atoms with Crippen molar-refractivity contribution in [1.29, 1.82) is 0 Å². The maximum Gasteiger partial charge on any atom is 0.115 e. The first-order chi connectivity index (χ1) is 7.26. The Balaban J connectivity index is 2.47. The summed E-state index contributed by atoms with van der Waals surface area (Å²) in [5, 5.41) is 17.9. The van der Waals surface area contributed by atoms with Crippen LogP contribution in [-0.2, 0) is 6.54 Å². The summed E-state index contributed by atoms with van der Waals surface area (Å²) < 4.78 is 0. The second-order valence-electron chi connectivity index (χ2n) is 3.61. The Bertz CT molecular complexity index is 271. The third kappa shape index (κ3) is 4.32. The Hall–Kier alpha value is -1.06. The third-order valence-electron chi connectivity index (χ3n) is 2.42. The monoisotopic (exact) mass is 209 g/mol. The third-order valence-corrected chi connectivity index (χ3v) is 2.42. The fourth-order valence-corrected chi connectivity index (χ4v) is 1.50. The molecule has 0 aliphatic rings. The van der Waals surface area contributed by atoms with Crippen molar-refractivity contribution in [3.63, 3.8) is 0 Å². The highest BCUT2D eigenvalue weighted by atomic mass is 16.3. The van der Waals surface area contributed by atoms with Crippen LogP contribution in [0.2, 0.25) is 0 Å². The number of aliphatic hydroxyl groups is 1. The van der Waals surface area contributed by atoms with Crippen molar-refractivity contribution in [1.82, 2.24) is 4.90 Å². The van der Waals surface area contributed by atoms with E-state index in [9.17, 15) is 0 Å². The van der Waals surface area contributed by atoms with Crippen LogP contribution in [0, 0.1) is 0 Å². The lowest BCUT2D eigenvalue weighted by molar-refractivity contribution is 0.225. The van der Waals surface area contributed by atoms with Gasteiger partial charge in [0.05, 0.1) is 0 Å². The predicted octanol–water partition coefficient (Wildman–Crippen LogP) is 1.60. The van der Waals surface area contributed by atoms with Gasteiger partial charge in [0.15, 0.2) is 0 Å². The second kappa shape index (κ2) is 6.43. The number of aliphatic hydroxyl groups excluding tert-OH is 1. The molecule has 3 heteroatoms.